The molecule has 0 aliphatic rings. The molecule has 89 valence electrons. The predicted octanol–water partition coefficient (Wildman–Crippen LogP) is 4.21. The third-order valence-corrected chi connectivity index (χ3v) is 3.22. The molecule has 1 aromatic carbocycles. The Balaban J connectivity index is 1.90. The van der Waals surface area contributed by atoms with Gasteiger partial charge in [-0.3, -0.25) is 0 Å². The lowest BCUT2D eigenvalue weighted by atomic mass is 10.1. The number of nitrogens with zero attached hydrogens (tertiary/aromatic N) is 1. The van der Waals surface area contributed by atoms with Crippen molar-refractivity contribution in [1.29, 1.82) is 0 Å². The largest absolute Gasteiger partial charge is 0.385 e. The molecule has 1 heterocycles. The van der Waals surface area contributed by atoms with Crippen molar-refractivity contribution in [3.05, 3.63) is 35.2 Å². The fourth-order valence-corrected chi connectivity index (χ4v) is 2.19. The number of benzene rings is 1. The van der Waals surface area contributed by atoms with Crippen LogP contribution in [-0.4, -0.2) is 11.5 Å². The number of nitrogens with one attached hydrogen (secondary N) is 1. The molecule has 0 atom stereocenters. The molecular weight excluding hydrogens is 228 g/mol. The highest BCUT2D eigenvalue weighted by molar-refractivity contribution is 7.07. The van der Waals surface area contributed by atoms with Gasteiger partial charge in [-0.05, 0) is 18.6 Å². The van der Waals surface area contributed by atoms with Crippen molar-refractivity contribution in [3.63, 3.8) is 0 Å². The van der Waals surface area contributed by atoms with Crippen LogP contribution in [-0.2, 0) is 0 Å². The van der Waals surface area contributed by atoms with Gasteiger partial charge in [0.25, 0.3) is 0 Å². The van der Waals surface area contributed by atoms with Gasteiger partial charge in [0.2, 0.25) is 0 Å². The zero-order valence-electron chi connectivity index (χ0n) is 10.1. The van der Waals surface area contributed by atoms with Crippen LogP contribution in [0.25, 0.3) is 11.3 Å². The summed E-state index contributed by atoms with van der Waals surface area (Å²) in [6.45, 7) is 3.28. The highest BCUT2D eigenvalue weighted by atomic mass is 32.1. The van der Waals surface area contributed by atoms with Crippen molar-refractivity contribution < 1.29 is 0 Å². The topological polar surface area (TPSA) is 24.9 Å². The minimum Gasteiger partial charge on any atom is -0.385 e. The maximum Gasteiger partial charge on any atom is 0.152 e. The van der Waals surface area contributed by atoms with Crippen LogP contribution in [0.4, 0.5) is 5.69 Å². The molecule has 2 aromatic rings. The van der Waals surface area contributed by atoms with E-state index in [9.17, 15) is 0 Å². The summed E-state index contributed by atoms with van der Waals surface area (Å²) in [6.07, 6.45) is 3.79. The lowest BCUT2D eigenvalue weighted by Gasteiger charge is -2.06. The number of hydrogen-bond donors (Lipinski definition) is 1. The fraction of sp³-hybridized carbons (Fsp3) is 0.357. The highest BCUT2D eigenvalue weighted by Gasteiger charge is 1.99. The van der Waals surface area contributed by atoms with E-state index in [0.29, 0.717) is 0 Å². The average molecular weight is 245 g/mol. The van der Waals surface area contributed by atoms with E-state index in [1.165, 1.54) is 36.3 Å². The molecule has 0 aliphatic carbocycles. The lowest BCUT2D eigenvalue weighted by molar-refractivity contribution is 0.744. The van der Waals surface area contributed by atoms with Crippen molar-refractivity contribution in [1.82, 2.24) is 4.98 Å². The minimum atomic E-state index is 1.01. The molecule has 2 nitrogen and oxygen atoms in total. The molecule has 3 heteroatoms. The lowest BCUT2D eigenvalue weighted by Crippen LogP contribution is -2.00. The Hall–Kier alpha value is -1.35. The van der Waals surface area contributed by atoms with Crippen LogP contribution in [0.3, 0.4) is 0 Å². The Morgan fingerprint density at radius 2 is 2.06 bits per heavy atom. The zero-order chi connectivity index (χ0) is 11.9. The molecule has 2 rings (SSSR count). The van der Waals surface area contributed by atoms with E-state index in [1.807, 2.05) is 5.38 Å². The van der Waals surface area contributed by atoms with Crippen molar-refractivity contribution in [3.8, 4) is 11.3 Å². The normalized spacial score (nSPS) is 10.4. The van der Waals surface area contributed by atoms with E-state index in [2.05, 4.69) is 47.0 Å². The Kier molecular flexibility index (Phi) is 4.56. The van der Waals surface area contributed by atoms with Gasteiger partial charge in [0.1, 0.15) is 0 Å². The Morgan fingerprint density at radius 3 is 2.71 bits per heavy atom. The first-order valence-corrected chi connectivity index (χ1v) is 6.94. The Bertz CT molecular complexity index is 420. The van der Waals surface area contributed by atoms with Gasteiger partial charge in [-0.2, -0.15) is 0 Å². The molecule has 0 fully saturated rings. The molecule has 0 bridgehead atoms. The van der Waals surface area contributed by atoms with Gasteiger partial charge in [-0.25, -0.2) is 4.98 Å². The number of aromatic nitrogens is 1. The third-order valence-electron chi connectivity index (χ3n) is 2.68. The van der Waals surface area contributed by atoms with Crippen LogP contribution in [0.15, 0.2) is 29.6 Å². The van der Waals surface area contributed by atoms with Crippen molar-refractivity contribution >= 4 is 17.0 Å². The van der Waals surface area contributed by atoms with Gasteiger partial charge in [0.15, 0.2) is 5.51 Å². The second-order valence-electron chi connectivity index (χ2n) is 4.04. The van der Waals surface area contributed by atoms with Gasteiger partial charge in [-0.15, -0.1) is 11.3 Å². The van der Waals surface area contributed by atoms with E-state index in [4.69, 9.17) is 0 Å². The summed E-state index contributed by atoms with van der Waals surface area (Å²) in [5, 5.41) is 5.44. The van der Waals surface area contributed by atoms with Crippen molar-refractivity contribution in [2.75, 3.05) is 11.9 Å². The van der Waals surface area contributed by atoms with Gasteiger partial charge < -0.3 is 5.32 Å². The van der Waals surface area contributed by atoms with Gasteiger partial charge in [0, 0.05) is 23.2 Å². The Labute approximate surface area is 107 Å². The fourth-order valence-electron chi connectivity index (χ4n) is 1.68. The molecule has 1 radical (unpaired) electrons. The molecule has 1 N–H and O–H groups in total. The van der Waals surface area contributed by atoms with E-state index >= 15 is 0 Å². The maximum atomic E-state index is 4.18. The molecule has 0 saturated carbocycles. The predicted molar refractivity (Wildman–Crippen MR) is 74.4 cm³/mol. The summed E-state index contributed by atoms with van der Waals surface area (Å²) in [4.78, 5) is 4.18. The smallest absolute Gasteiger partial charge is 0.152 e. The number of thiazole rings is 1. The van der Waals surface area contributed by atoms with Crippen LogP contribution in [0, 0.1) is 5.51 Å². The van der Waals surface area contributed by atoms with Crippen LogP contribution in [0.5, 0.6) is 0 Å². The van der Waals surface area contributed by atoms with Gasteiger partial charge >= 0.3 is 0 Å². The van der Waals surface area contributed by atoms with Crippen LogP contribution in [0.1, 0.15) is 26.2 Å². The summed E-state index contributed by atoms with van der Waals surface area (Å²) in [7, 11) is 0. The first kappa shape index (κ1) is 12.1. The molecule has 0 unspecified atom stereocenters. The molecule has 0 saturated heterocycles. The molecule has 0 aliphatic heterocycles. The molecule has 1 aromatic heterocycles. The highest BCUT2D eigenvalue weighted by Crippen LogP contribution is 2.20. The minimum absolute atomic E-state index is 1.01. The first-order chi connectivity index (χ1) is 8.40. The molecule has 0 amide bonds. The average Bonchev–Trinajstić information content (AvgIpc) is 2.89. The second kappa shape index (κ2) is 6.40. The summed E-state index contributed by atoms with van der Waals surface area (Å²) < 4.78 is 0. The van der Waals surface area contributed by atoms with E-state index in [-0.39, 0.29) is 0 Å². The first-order valence-electron chi connectivity index (χ1n) is 6.06. The van der Waals surface area contributed by atoms with Gasteiger partial charge in [-0.1, -0.05) is 31.9 Å². The quantitative estimate of drug-likeness (QED) is 0.771. The van der Waals surface area contributed by atoms with Crippen LogP contribution >= 0.6 is 11.3 Å². The van der Waals surface area contributed by atoms with Crippen LogP contribution in [0.2, 0.25) is 0 Å². The summed E-state index contributed by atoms with van der Waals surface area (Å²) in [5.41, 5.74) is 6.21. The van der Waals surface area contributed by atoms with E-state index < -0.39 is 0 Å². The van der Waals surface area contributed by atoms with E-state index in [0.717, 1.165) is 17.8 Å². The zero-order valence-corrected chi connectivity index (χ0v) is 10.9. The van der Waals surface area contributed by atoms with Gasteiger partial charge in [0.05, 0.1) is 5.69 Å². The Morgan fingerprint density at radius 1 is 1.24 bits per heavy atom. The number of rotatable bonds is 6. The van der Waals surface area contributed by atoms with Crippen LogP contribution < -0.4 is 5.32 Å². The number of hydrogen-bond acceptors (Lipinski definition) is 3. The summed E-state index contributed by atoms with van der Waals surface area (Å²) in [6, 6.07) is 8.43. The molecule has 17 heavy (non-hydrogen) atoms. The van der Waals surface area contributed by atoms with Crippen molar-refractivity contribution in [2.24, 2.45) is 0 Å². The van der Waals surface area contributed by atoms with Crippen molar-refractivity contribution in [2.45, 2.75) is 26.2 Å². The maximum absolute atomic E-state index is 4.18. The summed E-state index contributed by atoms with van der Waals surface area (Å²) in [5.74, 6) is 0. The molecule has 0 spiro atoms. The number of anilines is 1. The second-order valence-corrected chi connectivity index (χ2v) is 4.69. The molecular formula is C14H17N2S. The standard InChI is InChI=1S/C14H17N2S/c1-2-3-4-9-15-13-7-5-12(6-8-13)14-10-17-11-16-14/h5-8,10,15H,2-4,9H2,1H3. The summed E-state index contributed by atoms with van der Waals surface area (Å²) >= 11 is 1.51. The van der Waals surface area contributed by atoms with E-state index in [1.54, 1.807) is 0 Å². The number of unbranched alkanes of at least 4 members (excludes halogenated alkanes) is 2. The SMILES string of the molecule is CCCCCNc1ccc(-c2cs[c]n2)cc1. The third kappa shape index (κ3) is 3.56. The monoisotopic (exact) mass is 245 g/mol.